The lowest BCUT2D eigenvalue weighted by Gasteiger charge is -2.42. The van der Waals surface area contributed by atoms with E-state index < -0.39 is 5.82 Å². The molecule has 3 aliphatic carbocycles. The van der Waals surface area contributed by atoms with E-state index in [1.807, 2.05) is 18.2 Å². The quantitative estimate of drug-likeness (QED) is 0.294. The third kappa shape index (κ3) is 5.64. The number of amides is 1. The lowest BCUT2D eigenvalue weighted by Crippen LogP contribution is -2.55. The molecule has 1 unspecified atom stereocenters. The number of carbonyl (C=O) groups excluding carboxylic acids is 1. The van der Waals surface area contributed by atoms with Crippen LogP contribution in [0.2, 0.25) is 5.02 Å². The van der Waals surface area contributed by atoms with Gasteiger partial charge in [-0.25, -0.2) is 4.39 Å². The number of ether oxygens (including phenoxy) is 1. The molecule has 2 aromatic carbocycles. The zero-order chi connectivity index (χ0) is 31.9. The molecule has 46 heavy (non-hydrogen) atoms. The number of hydrogen-bond donors (Lipinski definition) is 0. The van der Waals surface area contributed by atoms with Gasteiger partial charge in [0.2, 0.25) is 5.91 Å². The molecule has 8 rings (SSSR count). The number of piperazine rings is 1. The Bertz CT molecular complexity index is 1710. The van der Waals surface area contributed by atoms with Crippen molar-refractivity contribution >= 4 is 39.8 Å². The maximum absolute atomic E-state index is 14.6. The van der Waals surface area contributed by atoms with Crippen molar-refractivity contribution in [3.05, 3.63) is 65.1 Å². The first kappa shape index (κ1) is 30.7. The smallest absolute Gasteiger partial charge is 0.318 e. The van der Waals surface area contributed by atoms with Gasteiger partial charge in [-0.05, 0) is 68.2 Å². The van der Waals surface area contributed by atoms with Gasteiger partial charge in [-0.15, -0.1) is 0 Å². The van der Waals surface area contributed by atoms with Gasteiger partial charge in [0.25, 0.3) is 0 Å². The topological polar surface area (TPSA) is 88.8 Å². The number of aromatic nitrogens is 2. The number of nitriles is 1. The van der Waals surface area contributed by atoms with Crippen LogP contribution in [0.15, 0.2) is 43.0 Å². The Balaban J connectivity index is 1.18. The molecule has 5 aliphatic rings. The number of hydrogen-bond acceptors (Lipinski definition) is 8. The average molecular weight is 644 g/mol. The summed E-state index contributed by atoms with van der Waals surface area (Å²) in [5.41, 5.74) is 2.74. The molecule has 0 N–H and O–H groups in total. The van der Waals surface area contributed by atoms with E-state index in [2.05, 4.69) is 34.4 Å². The van der Waals surface area contributed by atoms with Gasteiger partial charge < -0.3 is 19.4 Å². The third-order valence-electron chi connectivity index (χ3n) is 10.5. The molecule has 9 nitrogen and oxygen atoms in total. The van der Waals surface area contributed by atoms with Gasteiger partial charge in [0, 0.05) is 55.4 Å². The maximum Gasteiger partial charge on any atom is 0.318 e. The summed E-state index contributed by atoms with van der Waals surface area (Å²) in [6.45, 7) is 7.58. The number of fused-ring (bicyclic) bond motifs is 3. The largest absolute Gasteiger partial charge is 0.462 e. The Morgan fingerprint density at radius 1 is 1.20 bits per heavy atom. The van der Waals surface area contributed by atoms with E-state index in [0.29, 0.717) is 63.2 Å². The second kappa shape index (κ2) is 12.7. The summed E-state index contributed by atoms with van der Waals surface area (Å²) < 4.78 is 20.9. The normalized spacial score (nSPS) is 23.7. The predicted octanol–water partition coefficient (Wildman–Crippen LogP) is 5.21. The number of halogens is 2. The summed E-state index contributed by atoms with van der Waals surface area (Å²) in [5, 5.41) is 11.2. The predicted molar refractivity (Wildman–Crippen MR) is 177 cm³/mol. The van der Waals surface area contributed by atoms with Crippen molar-refractivity contribution in [3.8, 4) is 12.1 Å². The SMILES string of the molecule is C=CC(=O)N1CCN(c2nc(OCCN(C)C3CC4CC3C4)nc3c2CCN(c2cccc4ccc(F)c(Cl)c24)C3)C[C@@H]1CC#N. The molecule has 3 saturated carbocycles. The summed E-state index contributed by atoms with van der Waals surface area (Å²) in [4.78, 5) is 31.0. The Labute approximate surface area is 274 Å². The van der Waals surface area contributed by atoms with Crippen LogP contribution in [0, 0.1) is 29.0 Å². The summed E-state index contributed by atoms with van der Waals surface area (Å²) in [6, 6.07) is 12.0. The minimum atomic E-state index is -0.444. The highest BCUT2D eigenvalue weighted by Gasteiger charge is 2.45. The van der Waals surface area contributed by atoms with Crippen molar-refractivity contribution in [2.75, 3.05) is 56.2 Å². The molecule has 4 fully saturated rings. The van der Waals surface area contributed by atoms with Crippen LogP contribution in [0.5, 0.6) is 6.01 Å². The molecular formula is C35H39ClFN7O2. The monoisotopic (exact) mass is 643 g/mol. The van der Waals surface area contributed by atoms with E-state index in [-0.39, 0.29) is 23.4 Å². The van der Waals surface area contributed by atoms with Crippen molar-refractivity contribution in [1.29, 1.82) is 5.26 Å². The maximum atomic E-state index is 14.6. The Morgan fingerprint density at radius 2 is 2.04 bits per heavy atom. The Morgan fingerprint density at radius 3 is 2.80 bits per heavy atom. The van der Waals surface area contributed by atoms with Crippen LogP contribution in [0.25, 0.3) is 10.8 Å². The molecule has 1 saturated heterocycles. The number of likely N-dealkylation sites (N-methyl/N-ethyl adjacent to an activating group) is 1. The fraction of sp³-hybridized carbons (Fsp3) is 0.486. The van der Waals surface area contributed by atoms with Gasteiger partial charge >= 0.3 is 6.01 Å². The first-order valence-corrected chi connectivity index (χ1v) is 16.6. The van der Waals surface area contributed by atoms with E-state index in [9.17, 15) is 14.4 Å². The Hall–Kier alpha value is -3.94. The zero-order valence-electron chi connectivity index (χ0n) is 26.2. The molecule has 2 aliphatic heterocycles. The molecule has 0 spiro atoms. The van der Waals surface area contributed by atoms with Crippen LogP contribution < -0.4 is 14.5 Å². The van der Waals surface area contributed by atoms with Crippen LogP contribution in [-0.4, -0.2) is 84.1 Å². The van der Waals surface area contributed by atoms with Crippen molar-refractivity contribution in [2.45, 2.75) is 50.7 Å². The molecule has 0 radical (unpaired) electrons. The molecule has 3 aromatic rings. The molecule has 2 atom stereocenters. The first-order valence-electron chi connectivity index (χ1n) is 16.2. The van der Waals surface area contributed by atoms with E-state index in [1.54, 1.807) is 11.0 Å². The van der Waals surface area contributed by atoms with E-state index in [1.165, 1.54) is 31.4 Å². The van der Waals surface area contributed by atoms with E-state index in [4.69, 9.17) is 26.3 Å². The summed E-state index contributed by atoms with van der Waals surface area (Å²) in [5.74, 6) is 1.89. The second-order valence-electron chi connectivity index (χ2n) is 13.1. The molecule has 1 aromatic heterocycles. The lowest BCUT2D eigenvalue weighted by molar-refractivity contribution is -0.128. The summed E-state index contributed by atoms with van der Waals surface area (Å²) in [6.07, 6.45) is 6.19. The van der Waals surface area contributed by atoms with Crippen molar-refractivity contribution < 1.29 is 13.9 Å². The molecule has 240 valence electrons. The summed E-state index contributed by atoms with van der Waals surface area (Å²) in [7, 11) is 2.18. The van der Waals surface area contributed by atoms with Crippen LogP contribution in [0.3, 0.4) is 0 Å². The van der Waals surface area contributed by atoms with Crippen LogP contribution >= 0.6 is 11.6 Å². The molecule has 3 heterocycles. The molecule has 11 heteroatoms. The number of nitrogens with zero attached hydrogens (tertiary/aromatic N) is 7. The molecule has 2 bridgehead atoms. The van der Waals surface area contributed by atoms with Gasteiger partial charge in [-0.1, -0.05) is 36.4 Å². The second-order valence-corrected chi connectivity index (χ2v) is 13.5. The fourth-order valence-corrected chi connectivity index (χ4v) is 8.29. The van der Waals surface area contributed by atoms with Gasteiger partial charge in [0.15, 0.2) is 0 Å². The van der Waals surface area contributed by atoms with Gasteiger partial charge in [-0.2, -0.15) is 15.2 Å². The van der Waals surface area contributed by atoms with Crippen molar-refractivity contribution in [2.24, 2.45) is 11.8 Å². The van der Waals surface area contributed by atoms with Gasteiger partial charge in [0.1, 0.15) is 18.2 Å². The van der Waals surface area contributed by atoms with Crippen LogP contribution in [-0.2, 0) is 17.8 Å². The van der Waals surface area contributed by atoms with Gasteiger partial charge in [-0.3, -0.25) is 9.69 Å². The number of rotatable bonds is 9. The number of carbonyl (C=O) groups is 1. The van der Waals surface area contributed by atoms with Crippen molar-refractivity contribution in [3.63, 3.8) is 0 Å². The van der Waals surface area contributed by atoms with E-state index in [0.717, 1.165) is 46.5 Å². The average Bonchev–Trinajstić information content (AvgIpc) is 3.68. The minimum absolute atomic E-state index is 0.116. The van der Waals surface area contributed by atoms with Crippen LogP contribution in [0.4, 0.5) is 15.9 Å². The highest BCUT2D eigenvalue weighted by Crippen LogP contribution is 2.50. The Kier molecular flexibility index (Phi) is 8.47. The van der Waals surface area contributed by atoms with Gasteiger partial charge in [0.05, 0.1) is 35.8 Å². The van der Waals surface area contributed by atoms with E-state index >= 15 is 0 Å². The standard InChI is InChI=1S/C35H39ClFN7O2/c1-3-31(45)44-14-13-43(20-25(44)9-11-38)34-26-10-12-42(29-6-4-5-23-7-8-27(37)33(36)32(23)29)21-28(26)39-35(40-34)46-16-15-41(2)30-19-22-17-24(30)18-22/h3-8,22,24-25,30H,1,9-10,12-21H2,2H3/t22?,24?,25-,30?/m0/s1. The fourth-order valence-electron chi connectivity index (χ4n) is 8.02. The molecular weight excluding hydrogens is 605 g/mol. The number of anilines is 2. The minimum Gasteiger partial charge on any atom is -0.462 e. The summed E-state index contributed by atoms with van der Waals surface area (Å²) >= 11 is 6.51. The van der Waals surface area contributed by atoms with Crippen LogP contribution in [0.1, 0.15) is 36.9 Å². The van der Waals surface area contributed by atoms with Crippen molar-refractivity contribution in [1.82, 2.24) is 19.8 Å². The third-order valence-corrected chi connectivity index (χ3v) is 10.8. The first-order chi connectivity index (χ1) is 22.3. The highest BCUT2D eigenvalue weighted by atomic mass is 35.5. The molecule has 1 amide bonds. The lowest BCUT2D eigenvalue weighted by atomic mass is 9.84. The highest BCUT2D eigenvalue weighted by molar-refractivity contribution is 6.36. The number of benzene rings is 2. The zero-order valence-corrected chi connectivity index (χ0v) is 26.9.